The van der Waals surface area contributed by atoms with Crippen molar-refractivity contribution in [3.63, 3.8) is 0 Å². The number of rotatable bonds is 3. The van der Waals surface area contributed by atoms with Gasteiger partial charge in [-0.05, 0) is 12.1 Å². The lowest BCUT2D eigenvalue weighted by molar-refractivity contribution is -0.136. The van der Waals surface area contributed by atoms with Crippen LogP contribution >= 0.6 is 11.6 Å². The van der Waals surface area contributed by atoms with E-state index in [4.69, 9.17) is 21.1 Å². The summed E-state index contributed by atoms with van der Waals surface area (Å²) in [6.07, 6.45) is 0.891. The number of carboxylic acids is 1. The number of halogens is 2. The van der Waals surface area contributed by atoms with Gasteiger partial charge in [0.05, 0.1) is 22.7 Å². The van der Waals surface area contributed by atoms with Crippen LogP contribution in [0, 0.1) is 5.82 Å². The minimum atomic E-state index is -1.04. The van der Waals surface area contributed by atoms with E-state index in [9.17, 15) is 9.18 Å². The Morgan fingerprint density at radius 3 is 2.94 bits per heavy atom. The van der Waals surface area contributed by atoms with Crippen molar-refractivity contribution < 1.29 is 18.7 Å². The Bertz CT molecular complexity index is 547. The fourth-order valence-electron chi connectivity index (χ4n) is 1.36. The van der Waals surface area contributed by atoms with Crippen molar-refractivity contribution in [2.24, 2.45) is 0 Å². The molecule has 2 rings (SSSR count). The Kier molecular flexibility index (Phi) is 3.10. The van der Waals surface area contributed by atoms with Gasteiger partial charge in [-0.25, -0.2) is 9.37 Å². The Hall–Kier alpha value is -1.88. The minimum Gasteiger partial charge on any atom is -0.481 e. The number of aliphatic carboxylic acids is 1. The summed E-state index contributed by atoms with van der Waals surface area (Å²) in [4.78, 5) is 14.3. The number of hydrogen-bond donors (Lipinski definition) is 1. The second-order valence-electron chi connectivity index (χ2n) is 3.31. The topological polar surface area (TPSA) is 63.3 Å². The van der Waals surface area contributed by atoms with Crippen LogP contribution < -0.4 is 0 Å². The molecular formula is C11H7ClFNO3. The molecule has 0 radical (unpaired) electrons. The molecule has 4 nitrogen and oxygen atoms in total. The predicted molar refractivity (Wildman–Crippen MR) is 58.2 cm³/mol. The first-order valence-corrected chi connectivity index (χ1v) is 5.06. The van der Waals surface area contributed by atoms with Crippen LogP contribution in [0.3, 0.4) is 0 Å². The molecular weight excluding hydrogens is 249 g/mol. The number of oxazole rings is 1. The third kappa shape index (κ3) is 2.45. The standard InChI is InChI=1S/C11H7ClFNO3/c12-7-2-1-3-8(13)10(7)11-14-6(5-17-11)4-9(15)16/h1-3,5H,4H2,(H,15,16). The van der Waals surface area contributed by atoms with E-state index in [1.807, 2.05) is 0 Å². The molecule has 0 saturated heterocycles. The van der Waals surface area contributed by atoms with Crippen LogP contribution in [0.1, 0.15) is 5.69 Å². The number of nitrogens with zero attached hydrogens (tertiary/aromatic N) is 1. The van der Waals surface area contributed by atoms with Gasteiger partial charge in [0.25, 0.3) is 0 Å². The summed E-state index contributed by atoms with van der Waals surface area (Å²) in [5, 5.41) is 8.73. The second-order valence-corrected chi connectivity index (χ2v) is 3.72. The fourth-order valence-corrected chi connectivity index (χ4v) is 1.60. The largest absolute Gasteiger partial charge is 0.481 e. The molecule has 6 heteroatoms. The van der Waals surface area contributed by atoms with Gasteiger partial charge in [-0.3, -0.25) is 4.79 Å². The fraction of sp³-hybridized carbons (Fsp3) is 0.0909. The van der Waals surface area contributed by atoms with Crippen molar-refractivity contribution in [3.8, 4) is 11.5 Å². The van der Waals surface area contributed by atoms with E-state index in [0.29, 0.717) is 0 Å². The highest BCUT2D eigenvalue weighted by atomic mass is 35.5. The number of carbonyl (C=O) groups is 1. The van der Waals surface area contributed by atoms with Gasteiger partial charge >= 0.3 is 5.97 Å². The van der Waals surface area contributed by atoms with Gasteiger partial charge in [-0.15, -0.1) is 0 Å². The third-order valence-electron chi connectivity index (χ3n) is 2.06. The molecule has 0 aliphatic carbocycles. The molecule has 1 aromatic carbocycles. The molecule has 0 aliphatic rings. The van der Waals surface area contributed by atoms with Crippen LogP contribution in [0.25, 0.3) is 11.5 Å². The van der Waals surface area contributed by atoms with E-state index in [2.05, 4.69) is 4.98 Å². The van der Waals surface area contributed by atoms with Gasteiger partial charge in [-0.1, -0.05) is 17.7 Å². The Balaban J connectivity index is 2.40. The van der Waals surface area contributed by atoms with Crippen LogP contribution in [-0.2, 0) is 11.2 Å². The molecule has 0 aliphatic heterocycles. The maximum atomic E-state index is 13.5. The molecule has 17 heavy (non-hydrogen) atoms. The highest BCUT2D eigenvalue weighted by molar-refractivity contribution is 6.33. The highest BCUT2D eigenvalue weighted by Gasteiger charge is 2.16. The van der Waals surface area contributed by atoms with Gasteiger partial charge in [0.2, 0.25) is 5.89 Å². The maximum Gasteiger partial charge on any atom is 0.309 e. The third-order valence-corrected chi connectivity index (χ3v) is 2.38. The first-order chi connectivity index (χ1) is 8.08. The molecule has 0 unspecified atom stereocenters. The maximum absolute atomic E-state index is 13.5. The summed E-state index contributed by atoms with van der Waals surface area (Å²) < 4.78 is 18.5. The molecule has 88 valence electrons. The van der Waals surface area contributed by atoms with E-state index in [0.717, 1.165) is 0 Å². The van der Waals surface area contributed by atoms with E-state index in [1.54, 1.807) is 0 Å². The molecule has 0 saturated carbocycles. The molecule has 0 fully saturated rings. The van der Waals surface area contributed by atoms with Crippen molar-refractivity contribution in [3.05, 3.63) is 41.0 Å². The monoisotopic (exact) mass is 255 g/mol. The quantitative estimate of drug-likeness (QED) is 0.916. The van der Waals surface area contributed by atoms with E-state index in [-0.39, 0.29) is 28.6 Å². The SMILES string of the molecule is O=C(O)Cc1coc(-c2c(F)cccc2Cl)n1. The van der Waals surface area contributed by atoms with Crippen molar-refractivity contribution in [2.75, 3.05) is 0 Å². The zero-order valence-corrected chi connectivity index (χ0v) is 9.24. The van der Waals surface area contributed by atoms with Crippen molar-refractivity contribution in [2.45, 2.75) is 6.42 Å². The summed E-state index contributed by atoms with van der Waals surface area (Å²) in [5.41, 5.74) is 0.248. The normalized spacial score (nSPS) is 10.5. The van der Waals surface area contributed by atoms with E-state index in [1.165, 1.54) is 24.5 Å². The Morgan fingerprint density at radius 1 is 1.53 bits per heavy atom. The number of benzene rings is 1. The van der Waals surface area contributed by atoms with Gasteiger partial charge < -0.3 is 9.52 Å². The van der Waals surface area contributed by atoms with Gasteiger partial charge in [0.1, 0.15) is 12.1 Å². The summed E-state index contributed by atoms with van der Waals surface area (Å²) in [6, 6.07) is 4.19. The zero-order valence-electron chi connectivity index (χ0n) is 8.48. The molecule has 2 aromatic rings. The summed E-state index contributed by atoms with van der Waals surface area (Å²) in [7, 11) is 0. The number of carboxylic acid groups (broad SMARTS) is 1. The lowest BCUT2D eigenvalue weighted by atomic mass is 10.2. The first kappa shape index (κ1) is 11.6. The zero-order chi connectivity index (χ0) is 12.4. The van der Waals surface area contributed by atoms with Crippen LogP contribution in [0.2, 0.25) is 5.02 Å². The summed E-state index contributed by atoms with van der Waals surface area (Å²) in [5.74, 6) is -1.63. The van der Waals surface area contributed by atoms with Crippen molar-refractivity contribution in [1.82, 2.24) is 4.98 Å². The highest BCUT2D eigenvalue weighted by Crippen LogP contribution is 2.29. The van der Waals surface area contributed by atoms with Crippen molar-refractivity contribution in [1.29, 1.82) is 0 Å². The van der Waals surface area contributed by atoms with Crippen molar-refractivity contribution >= 4 is 17.6 Å². The van der Waals surface area contributed by atoms with E-state index < -0.39 is 11.8 Å². The summed E-state index contributed by atoms with van der Waals surface area (Å²) in [6.45, 7) is 0. The number of hydrogen-bond acceptors (Lipinski definition) is 3. The molecule has 1 heterocycles. The molecule has 0 bridgehead atoms. The van der Waals surface area contributed by atoms with E-state index >= 15 is 0 Å². The minimum absolute atomic E-state index is 0.0237. The van der Waals surface area contributed by atoms with Crippen LogP contribution in [-0.4, -0.2) is 16.1 Å². The number of aromatic nitrogens is 1. The second kappa shape index (κ2) is 4.55. The molecule has 1 aromatic heterocycles. The van der Waals surface area contributed by atoms with Crippen LogP contribution in [0.5, 0.6) is 0 Å². The molecule has 0 amide bonds. The Morgan fingerprint density at radius 2 is 2.29 bits per heavy atom. The van der Waals surface area contributed by atoms with Gasteiger partial charge in [-0.2, -0.15) is 0 Å². The average molecular weight is 256 g/mol. The summed E-state index contributed by atoms with van der Waals surface area (Å²) >= 11 is 5.82. The van der Waals surface area contributed by atoms with Crippen LogP contribution in [0.4, 0.5) is 4.39 Å². The average Bonchev–Trinajstić information content (AvgIpc) is 2.65. The van der Waals surface area contributed by atoms with Gasteiger partial charge in [0.15, 0.2) is 0 Å². The Labute approximate surface area is 101 Å². The predicted octanol–water partition coefficient (Wildman–Crippen LogP) is 2.76. The smallest absolute Gasteiger partial charge is 0.309 e. The lowest BCUT2D eigenvalue weighted by Gasteiger charge is -1.99. The van der Waals surface area contributed by atoms with Crippen LogP contribution in [0.15, 0.2) is 28.9 Å². The molecule has 1 N–H and O–H groups in total. The molecule has 0 spiro atoms. The van der Waals surface area contributed by atoms with Gasteiger partial charge in [0, 0.05) is 0 Å². The molecule has 0 atom stereocenters. The lowest BCUT2D eigenvalue weighted by Crippen LogP contribution is -2.00. The first-order valence-electron chi connectivity index (χ1n) is 4.68.